The topological polar surface area (TPSA) is 73.0 Å². The number of benzene rings is 1. The van der Waals surface area contributed by atoms with E-state index in [0.717, 1.165) is 31.2 Å². The molecule has 4 nitrogen and oxygen atoms in total. The maximum absolute atomic E-state index is 9.89. The number of phenols is 1. The number of rotatable bonds is 12. The van der Waals surface area contributed by atoms with Gasteiger partial charge in [-0.25, -0.2) is 0 Å². The molecule has 0 fully saturated rings. The lowest BCUT2D eigenvalue weighted by atomic mass is 10.00. The largest absolute Gasteiger partial charge is 0.507 e. The summed E-state index contributed by atoms with van der Waals surface area (Å²) < 4.78 is 0. The Morgan fingerprint density at radius 2 is 1.48 bits per heavy atom. The molecule has 23 heavy (non-hydrogen) atoms. The standard InChI is InChI=1S/C19H31NO3/c1-16-12-13-19(22)17(15-16)18(20-23)11-9-7-5-3-2-4-6-8-10-14-21/h12-13,15,21-23H,2-11,14H2,1H3/b20-18+. The number of oxime groups is 1. The second-order valence-corrected chi connectivity index (χ2v) is 6.22. The molecule has 0 atom stereocenters. The maximum atomic E-state index is 9.89. The van der Waals surface area contributed by atoms with E-state index in [-0.39, 0.29) is 5.75 Å². The second-order valence-electron chi connectivity index (χ2n) is 6.22. The monoisotopic (exact) mass is 321 g/mol. The molecule has 0 aliphatic heterocycles. The molecule has 0 saturated carbocycles. The molecule has 0 spiro atoms. The highest BCUT2D eigenvalue weighted by molar-refractivity contribution is 6.02. The van der Waals surface area contributed by atoms with Crippen LogP contribution in [-0.2, 0) is 0 Å². The van der Waals surface area contributed by atoms with Gasteiger partial charge in [-0.15, -0.1) is 0 Å². The van der Waals surface area contributed by atoms with Crippen LogP contribution in [0.25, 0.3) is 0 Å². The van der Waals surface area contributed by atoms with Crippen LogP contribution >= 0.6 is 0 Å². The minimum absolute atomic E-state index is 0.172. The zero-order valence-corrected chi connectivity index (χ0v) is 14.3. The van der Waals surface area contributed by atoms with Crippen LogP contribution in [-0.4, -0.2) is 27.7 Å². The molecule has 0 bridgehead atoms. The zero-order valence-electron chi connectivity index (χ0n) is 14.3. The Labute approximate surface area is 139 Å². The van der Waals surface area contributed by atoms with Gasteiger partial charge in [-0.05, 0) is 38.3 Å². The molecule has 130 valence electrons. The smallest absolute Gasteiger partial charge is 0.124 e. The van der Waals surface area contributed by atoms with E-state index in [1.165, 1.54) is 32.1 Å². The molecular weight excluding hydrogens is 290 g/mol. The molecule has 1 aromatic rings. The number of aliphatic hydroxyl groups is 1. The van der Waals surface area contributed by atoms with E-state index in [4.69, 9.17) is 5.11 Å². The third-order valence-corrected chi connectivity index (χ3v) is 4.16. The van der Waals surface area contributed by atoms with E-state index in [9.17, 15) is 10.3 Å². The van der Waals surface area contributed by atoms with Crippen LogP contribution in [0.3, 0.4) is 0 Å². The lowest BCUT2D eigenvalue weighted by Gasteiger charge is -2.08. The van der Waals surface area contributed by atoms with Gasteiger partial charge < -0.3 is 15.4 Å². The van der Waals surface area contributed by atoms with Gasteiger partial charge >= 0.3 is 0 Å². The third-order valence-electron chi connectivity index (χ3n) is 4.16. The van der Waals surface area contributed by atoms with Gasteiger partial charge in [0.25, 0.3) is 0 Å². The van der Waals surface area contributed by atoms with Crippen molar-refractivity contribution in [2.24, 2.45) is 5.16 Å². The van der Waals surface area contributed by atoms with E-state index in [0.29, 0.717) is 24.3 Å². The molecule has 0 saturated heterocycles. The molecular formula is C19H31NO3. The number of aliphatic hydroxyl groups excluding tert-OH is 1. The number of nitrogens with zero attached hydrogens (tertiary/aromatic N) is 1. The van der Waals surface area contributed by atoms with Crippen LogP contribution in [0, 0.1) is 6.92 Å². The highest BCUT2D eigenvalue weighted by atomic mass is 16.4. The van der Waals surface area contributed by atoms with Crippen LogP contribution in [0.15, 0.2) is 23.4 Å². The summed E-state index contributed by atoms with van der Waals surface area (Å²) in [5.74, 6) is 0.172. The molecule has 1 aromatic carbocycles. The number of unbranched alkanes of at least 4 members (excludes halogenated alkanes) is 8. The molecule has 4 heteroatoms. The summed E-state index contributed by atoms with van der Waals surface area (Å²) in [7, 11) is 0. The van der Waals surface area contributed by atoms with Crippen molar-refractivity contribution in [2.45, 2.75) is 71.1 Å². The Kier molecular flexibility index (Phi) is 10.1. The van der Waals surface area contributed by atoms with Crippen molar-refractivity contribution in [3.63, 3.8) is 0 Å². The van der Waals surface area contributed by atoms with E-state index in [1.54, 1.807) is 6.07 Å². The van der Waals surface area contributed by atoms with E-state index in [2.05, 4.69) is 5.16 Å². The molecule has 0 aliphatic carbocycles. The highest BCUT2D eigenvalue weighted by Gasteiger charge is 2.09. The lowest BCUT2D eigenvalue weighted by molar-refractivity contribution is 0.282. The number of hydrogen-bond donors (Lipinski definition) is 3. The van der Waals surface area contributed by atoms with Crippen molar-refractivity contribution < 1.29 is 15.4 Å². The first-order valence-electron chi connectivity index (χ1n) is 8.81. The first kappa shape index (κ1) is 19.5. The van der Waals surface area contributed by atoms with Crippen molar-refractivity contribution in [3.05, 3.63) is 29.3 Å². The van der Waals surface area contributed by atoms with Gasteiger partial charge in [0, 0.05) is 12.2 Å². The Morgan fingerprint density at radius 1 is 0.913 bits per heavy atom. The summed E-state index contributed by atoms with van der Waals surface area (Å²) >= 11 is 0. The van der Waals surface area contributed by atoms with Gasteiger partial charge in [0.1, 0.15) is 5.75 Å². The molecule has 0 aliphatic rings. The first-order chi connectivity index (χ1) is 11.2. The molecule has 0 amide bonds. The van der Waals surface area contributed by atoms with Gasteiger partial charge in [-0.2, -0.15) is 0 Å². The predicted molar refractivity (Wildman–Crippen MR) is 94.4 cm³/mol. The van der Waals surface area contributed by atoms with Gasteiger partial charge in [0.05, 0.1) is 5.71 Å². The predicted octanol–water partition coefficient (Wildman–Crippen LogP) is 4.77. The summed E-state index contributed by atoms with van der Waals surface area (Å²) in [5.41, 5.74) is 2.24. The quantitative estimate of drug-likeness (QED) is 0.225. The molecule has 0 radical (unpaired) electrons. The van der Waals surface area contributed by atoms with Crippen molar-refractivity contribution >= 4 is 5.71 Å². The number of aryl methyl sites for hydroxylation is 1. The Balaban J connectivity index is 2.18. The van der Waals surface area contributed by atoms with Gasteiger partial charge in [0.15, 0.2) is 0 Å². The fourth-order valence-corrected chi connectivity index (χ4v) is 2.76. The summed E-state index contributed by atoms with van der Waals surface area (Å²) in [4.78, 5) is 0. The molecule has 0 unspecified atom stereocenters. The molecule has 1 rings (SSSR count). The van der Waals surface area contributed by atoms with Gasteiger partial charge in [0.2, 0.25) is 0 Å². The molecule has 0 heterocycles. The number of phenolic OH excluding ortho intramolecular Hbond substituents is 1. The van der Waals surface area contributed by atoms with Crippen LogP contribution in [0.4, 0.5) is 0 Å². The summed E-state index contributed by atoms with van der Waals surface area (Å²) in [6.07, 6.45) is 11.0. The van der Waals surface area contributed by atoms with Crippen LogP contribution in [0.2, 0.25) is 0 Å². The average molecular weight is 321 g/mol. The summed E-state index contributed by atoms with van der Waals surface area (Å²) in [6, 6.07) is 5.35. The Hall–Kier alpha value is -1.55. The first-order valence-corrected chi connectivity index (χ1v) is 8.81. The maximum Gasteiger partial charge on any atom is 0.124 e. The summed E-state index contributed by atoms with van der Waals surface area (Å²) in [5, 5.41) is 31.2. The van der Waals surface area contributed by atoms with E-state index >= 15 is 0 Å². The van der Waals surface area contributed by atoms with Crippen molar-refractivity contribution in [1.82, 2.24) is 0 Å². The van der Waals surface area contributed by atoms with Crippen LogP contribution in [0.5, 0.6) is 5.75 Å². The average Bonchev–Trinajstić information content (AvgIpc) is 2.55. The van der Waals surface area contributed by atoms with Crippen molar-refractivity contribution in [3.8, 4) is 5.75 Å². The minimum Gasteiger partial charge on any atom is -0.507 e. The van der Waals surface area contributed by atoms with Crippen molar-refractivity contribution in [2.75, 3.05) is 6.61 Å². The third kappa shape index (κ3) is 8.03. The normalized spacial score (nSPS) is 11.8. The van der Waals surface area contributed by atoms with Gasteiger partial charge in [-0.1, -0.05) is 61.7 Å². The number of aromatic hydroxyl groups is 1. The van der Waals surface area contributed by atoms with Crippen molar-refractivity contribution in [1.29, 1.82) is 0 Å². The highest BCUT2D eigenvalue weighted by Crippen LogP contribution is 2.22. The Morgan fingerprint density at radius 3 is 2.04 bits per heavy atom. The fourth-order valence-electron chi connectivity index (χ4n) is 2.76. The van der Waals surface area contributed by atoms with E-state index in [1.807, 2.05) is 19.1 Å². The lowest BCUT2D eigenvalue weighted by Crippen LogP contribution is -2.02. The fraction of sp³-hybridized carbons (Fsp3) is 0.632. The summed E-state index contributed by atoms with van der Waals surface area (Å²) in [6.45, 7) is 2.27. The Bertz CT molecular complexity index is 472. The molecule has 0 aromatic heterocycles. The minimum atomic E-state index is 0.172. The zero-order chi connectivity index (χ0) is 16.9. The van der Waals surface area contributed by atoms with Crippen LogP contribution in [0.1, 0.15) is 75.3 Å². The van der Waals surface area contributed by atoms with Gasteiger partial charge in [-0.3, -0.25) is 0 Å². The number of hydrogen-bond acceptors (Lipinski definition) is 4. The SMILES string of the molecule is Cc1ccc(O)c(/C(CCCCCCCCCCCO)=N/O)c1. The van der Waals surface area contributed by atoms with Crippen LogP contribution < -0.4 is 0 Å². The molecule has 3 N–H and O–H groups in total. The van der Waals surface area contributed by atoms with E-state index < -0.39 is 0 Å². The second kappa shape index (κ2) is 11.9.